The summed E-state index contributed by atoms with van der Waals surface area (Å²) in [5.74, 6) is -0.541. The molecule has 0 fully saturated rings. The van der Waals surface area contributed by atoms with Gasteiger partial charge in [0.25, 0.3) is 5.69 Å². The number of nitrogens with zero attached hydrogens (tertiary/aromatic N) is 1. The number of hydrogen-bond donors (Lipinski definition) is 2. The highest BCUT2D eigenvalue weighted by Crippen LogP contribution is 2.26. The number of nitrogens with one attached hydrogen (secondary N) is 1. The molecule has 0 aliphatic carbocycles. The number of nitro benzene ring substituents is 1. The van der Waals surface area contributed by atoms with Gasteiger partial charge in [0.15, 0.2) is 5.78 Å². The number of ketones is 1. The standard InChI is InChI=1S/C12H14N2O4.CH4O.CH2O/c1-3-4-12(16)9-5-6-10(13-8(2)15)11(7-9)14(17)18;2*1-2/h5-7H,3-4H2,1-2H3,(H,13,15);2H,1H3;1H2. The molecule has 0 radical (unpaired) electrons. The number of amides is 1. The van der Waals surface area contributed by atoms with Gasteiger partial charge in [-0.3, -0.25) is 19.7 Å². The fourth-order valence-electron chi connectivity index (χ4n) is 1.52. The maximum atomic E-state index is 11.6. The van der Waals surface area contributed by atoms with Crippen molar-refractivity contribution in [3.05, 3.63) is 33.9 Å². The normalized spacial score (nSPS) is 8.55. The van der Waals surface area contributed by atoms with Gasteiger partial charge >= 0.3 is 0 Å². The van der Waals surface area contributed by atoms with Crippen molar-refractivity contribution >= 4 is 29.9 Å². The van der Waals surface area contributed by atoms with Crippen LogP contribution in [-0.2, 0) is 9.59 Å². The van der Waals surface area contributed by atoms with Gasteiger partial charge in [-0.05, 0) is 18.6 Å². The number of benzene rings is 1. The van der Waals surface area contributed by atoms with Gasteiger partial charge in [0.1, 0.15) is 12.5 Å². The van der Waals surface area contributed by atoms with Crippen molar-refractivity contribution < 1.29 is 24.4 Å². The molecule has 0 aromatic heterocycles. The molecule has 0 bridgehead atoms. The Labute approximate surface area is 128 Å². The second-order valence-corrected chi connectivity index (χ2v) is 3.84. The summed E-state index contributed by atoms with van der Waals surface area (Å²) in [5.41, 5.74) is 0.116. The average Bonchev–Trinajstić information content (AvgIpc) is 2.51. The third kappa shape index (κ3) is 7.25. The Morgan fingerprint density at radius 2 is 1.86 bits per heavy atom. The molecule has 22 heavy (non-hydrogen) atoms. The summed E-state index contributed by atoms with van der Waals surface area (Å²) in [7, 11) is 1.00. The zero-order chi connectivity index (χ0) is 17.7. The molecule has 0 heterocycles. The fraction of sp³-hybridized carbons (Fsp3) is 0.357. The van der Waals surface area contributed by atoms with Crippen LogP contribution in [0.3, 0.4) is 0 Å². The van der Waals surface area contributed by atoms with Crippen molar-refractivity contribution in [2.45, 2.75) is 26.7 Å². The molecule has 1 aromatic rings. The lowest BCUT2D eigenvalue weighted by molar-refractivity contribution is -0.384. The van der Waals surface area contributed by atoms with Crippen molar-refractivity contribution in [3.8, 4) is 0 Å². The van der Waals surface area contributed by atoms with Crippen LogP contribution in [0.5, 0.6) is 0 Å². The monoisotopic (exact) mass is 312 g/mol. The second-order valence-electron chi connectivity index (χ2n) is 3.84. The van der Waals surface area contributed by atoms with Gasteiger partial charge in [0.2, 0.25) is 5.91 Å². The first-order valence-electron chi connectivity index (χ1n) is 6.28. The third-order valence-electron chi connectivity index (χ3n) is 2.30. The summed E-state index contributed by atoms with van der Waals surface area (Å²) < 4.78 is 0. The van der Waals surface area contributed by atoms with Crippen LogP contribution in [0.2, 0.25) is 0 Å². The molecule has 0 unspecified atom stereocenters. The van der Waals surface area contributed by atoms with Gasteiger partial charge in [0.05, 0.1) is 4.92 Å². The smallest absolute Gasteiger partial charge is 0.293 e. The van der Waals surface area contributed by atoms with Crippen LogP contribution in [0.25, 0.3) is 0 Å². The number of aliphatic hydroxyl groups excluding tert-OH is 1. The summed E-state index contributed by atoms with van der Waals surface area (Å²) in [6.45, 7) is 5.12. The number of carbonyl (C=O) groups is 3. The van der Waals surface area contributed by atoms with Crippen molar-refractivity contribution in [2.24, 2.45) is 0 Å². The van der Waals surface area contributed by atoms with Crippen molar-refractivity contribution in [3.63, 3.8) is 0 Å². The summed E-state index contributed by atoms with van der Waals surface area (Å²) in [6, 6.07) is 4.06. The SMILES string of the molecule is C=O.CCCC(=O)c1ccc(NC(C)=O)c([N+](=O)[O-])c1.CO. The highest BCUT2D eigenvalue weighted by molar-refractivity contribution is 5.98. The highest BCUT2D eigenvalue weighted by Gasteiger charge is 2.17. The van der Waals surface area contributed by atoms with E-state index in [1.165, 1.54) is 25.1 Å². The maximum absolute atomic E-state index is 11.6. The van der Waals surface area contributed by atoms with E-state index < -0.39 is 10.8 Å². The van der Waals surface area contributed by atoms with Gasteiger partial charge in [0, 0.05) is 32.1 Å². The van der Waals surface area contributed by atoms with Crippen LogP contribution in [0, 0.1) is 10.1 Å². The minimum absolute atomic E-state index is 0.0977. The summed E-state index contributed by atoms with van der Waals surface area (Å²) in [6.07, 6.45) is 1.02. The quantitative estimate of drug-likeness (QED) is 0.486. The van der Waals surface area contributed by atoms with Crippen molar-refractivity contribution in [1.82, 2.24) is 0 Å². The van der Waals surface area contributed by atoms with Crippen LogP contribution in [0.4, 0.5) is 11.4 Å². The summed E-state index contributed by atoms with van der Waals surface area (Å²) >= 11 is 0. The summed E-state index contributed by atoms with van der Waals surface area (Å²) in [5, 5.41) is 20.2. The molecule has 0 aliphatic rings. The minimum Gasteiger partial charge on any atom is -0.400 e. The van der Waals surface area contributed by atoms with E-state index >= 15 is 0 Å². The lowest BCUT2D eigenvalue weighted by Gasteiger charge is -2.05. The number of nitro groups is 1. The molecular formula is C14H20N2O6. The maximum Gasteiger partial charge on any atom is 0.293 e. The molecule has 122 valence electrons. The lowest BCUT2D eigenvalue weighted by Crippen LogP contribution is -2.09. The molecule has 1 aromatic carbocycles. The van der Waals surface area contributed by atoms with Crippen LogP contribution >= 0.6 is 0 Å². The average molecular weight is 312 g/mol. The molecular weight excluding hydrogens is 292 g/mol. The van der Waals surface area contributed by atoms with E-state index in [0.717, 1.165) is 7.11 Å². The first-order valence-corrected chi connectivity index (χ1v) is 6.28. The van der Waals surface area contributed by atoms with Crippen molar-refractivity contribution in [1.29, 1.82) is 0 Å². The van der Waals surface area contributed by atoms with Gasteiger partial charge in [-0.25, -0.2) is 0 Å². The molecule has 2 N–H and O–H groups in total. The van der Waals surface area contributed by atoms with E-state index in [1.54, 1.807) is 0 Å². The molecule has 0 aliphatic heterocycles. The molecule has 0 saturated carbocycles. The largest absolute Gasteiger partial charge is 0.400 e. The molecule has 1 rings (SSSR count). The van der Waals surface area contributed by atoms with Gasteiger partial charge < -0.3 is 15.2 Å². The van der Waals surface area contributed by atoms with Crippen LogP contribution in [-0.4, -0.2) is 35.6 Å². The molecule has 8 nitrogen and oxygen atoms in total. The van der Waals surface area contributed by atoms with Crippen molar-refractivity contribution in [2.75, 3.05) is 12.4 Å². The van der Waals surface area contributed by atoms with E-state index in [-0.39, 0.29) is 22.7 Å². The Hall–Kier alpha value is -2.61. The minimum atomic E-state index is -0.617. The topological polar surface area (TPSA) is 127 Å². The number of Topliss-reactive ketones (excluding diaryl/α,β-unsaturated/α-hetero) is 1. The van der Waals surface area contributed by atoms with Gasteiger partial charge in [-0.1, -0.05) is 6.92 Å². The predicted molar refractivity (Wildman–Crippen MR) is 81.9 cm³/mol. The molecule has 0 atom stereocenters. The van der Waals surface area contributed by atoms with Crippen LogP contribution < -0.4 is 5.32 Å². The fourth-order valence-corrected chi connectivity index (χ4v) is 1.52. The Bertz CT molecular complexity index is 516. The van der Waals surface area contributed by atoms with E-state index in [1.807, 2.05) is 13.7 Å². The molecule has 0 spiro atoms. The highest BCUT2D eigenvalue weighted by atomic mass is 16.6. The van der Waals surface area contributed by atoms with E-state index in [2.05, 4.69) is 5.32 Å². The lowest BCUT2D eigenvalue weighted by atomic mass is 10.1. The number of aliphatic hydroxyl groups is 1. The molecule has 8 heteroatoms. The first-order chi connectivity index (χ1) is 10.5. The predicted octanol–water partition coefficient (Wildman–Crippen LogP) is 1.96. The summed E-state index contributed by atoms with van der Waals surface area (Å²) in [4.78, 5) is 40.8. The number of carbonyl (C=O) groups excluding carboxylic acids is 3. The van der Waals surface area contributed by atoms with Crippen LogP contribution in [0.1, 0.15) is 37.0 Å². The number of rotatable bonds is 5. The Balaban J connectivity index is 0. The number of anilines is 1. The zero-order valence-corrected chi connectivity index (χ0v) is 12.8. The molecule has 0 saturated heterocycles. The zero-order valence-electron chi connectivity index (χ0n) is 12.8. The Kier molecular flexibility index (Phi) is 12.0. The van der Waals surface area contributed by atoms with E-state index in [0.29, 0.717) is 12.8 Å². The Morgan fingerprint density at radius 3 is 2.27 bits per heavy atom. The second kappa shape index (κ2) is 12.2. The third-order valence-corrected chi connectivity index (χ3v) is 2.30. The van der Waals surface area contributed by atoms with Gasteiger partial charge in [-0.15, -0.1) is 0 Å². The Morgan fingerprint density at radius 1 is 1.32 bits per heavy atom. The van der Waals surface area contributed by atoms with E-state index in [4.69, 9.17) is 9.90 Å². The van der Waals surface area contributed by atoms with E-state index in [9.17, 15) is 19.7 Å². The van der Waals surface area contributed by atoms with Gasteiger partial charge in [-0.2, -0.15) is 0 Å². The first kappa shape index (κ1) is 21.7. The molecule has 1 amide bonds. The van der Waals surface area contributed by atoms with Crippen LogP contribution in [0.15, 0.2) is 18.2 Å². The number of hydrogen-bond acceptors (Lipinski definition) is 6.